The van der Waals surface area contributed by atoms with Crippen LogP contribution in [-0.4, -0.2) is 4.98 Å². The summed E-state index contributed by atoms with van der Waals surface area (Å²) in [5.41, 5.74) is 6.26. The molecule has 0 bridgehead atoms. The second-order valence-corrected chi connectivity index (χ2v) is 5.85. The summed E-state index contributed by atoms with van der Waals surface area (Å²) in [6.45, 7) is 0.744. The number of pyridine rings is 1. The molecule has 16 heavy (non-hydrogen) atoms. The molecule has 0 aromatic carbocycles. The van der Waals surface area contributed by atoms with E-state index in [0.717, 1.165) is 21.3 Å². The Morgan fingerprint density at radius 2 is 2.19 bits per heavy atom. The molecule has 0 unspecified atom stereocenters. The lowest BCUT2D eigenvalue weighted by Crippen LogP contribution is -2.01. The van der Waals surface area contributed by atoms with Crippen LogP contribution in [0.1, 0.15) is 4.88 Å². The van der Waals surface area contributed by atoms with Crippen molar-refractivity contribution < 1.29 is 0 Å². The van der Waals surface area contributed by atoms with Gasteiger partial charge in [0.25, 0.3) is 0 Å². The first-order valence-corrected chi connectivity index (χ1v) is 7.00. The lowest BCUT2D eigenvalue weighted by Gasteiger charge is -2.07. The molecule has 0 amide bonds. The van der Waals surface area contributed by atoms with Gasteiger partial charge < -0.3 is 11.1 Å². The van der Waals surface area contributed by atoms with Crippen LogP contribution in [-0.2, 0) is 6.54 Å². The van der Waals surface area contributed by atoms with E-state index in [1.807, 2.05) is 17.5 Å². The van der Waals surface area contributed by atoms with Crippen LogP contribution >= 0.6 is 43.2 Å². The predicted octanol–water partition coefficient (Wildman–Crippen LogP) is 3.86. The van der Waals surface area contributed by atoms with Gasteiger partial charge in [-0.1, -0.05) is 0 Å². The average molecular weight is 363 g/mol. The van der Waals surface area contributed by atoms with Gasteiger partial charge in [-0.2, -0.15) is 0 Å². The van der Waals surface area contributed by atoms with Gasteiger partial charge in [0.15, 0.2) is 0 Å². The van der Waals surface area contributed by atoms with Gasteiger partial charge in [0, 0.05) is 9.35 Å². The third kappa shape index (κ3) is 2.75. The van der Waals surface area contributed by atoms with E-state index in [9.17, 15) is 0 Å². The van der Waals surface area contributed by atoms with E-state index in [1.54, 1.807) is 17.5 Å². The Bertz CT molecular complexity index is 499. The number of nitrogens with zero attached hydrogens (tertiary/aromatic N) is 1. The minimum absolute atomic E-state index is 0.648. The molecule has 0 fully saturated rings. The molecule has 0 aliphatic heterocycles. The molecule has 0 aliphatic rings. The maximum Gasteiger partial charge on any atom is 0.140 e. The van der Waals surface area contributed by atoms with E-state index in [-0.39, 0.29) is 0 Å². The highest BCUT2D eigenvalue weighted by Gasteiger charge is 2.04. The first kappa shape index (κ1) is 11.9. The molecule has 0 saturated heterocycles. The number of aromatic nitrogens is 1. The number of nitrogens with one attached hydrogen (secondary N) is 1. The van der Waals surface area contributed by atoms with Gasteiger partial charge in [-0.3, -0.25) is 0 Å². The van der Waals surface area contributed by atoms with E-state index in [1.165, 1.54) is 4.88 Å². The van der Waals surface area contributed by atoms with E-state index >= 15 is 0 Å². The first-order valence-electron chi connectivity index (χ1n) is 4.53. The lowest BCUT2D eigenvalue weighted by molar-refractivity contribution is 1.13. The Kier molecular flexibility index (Phi) is 3.83. The zero-order valence-corrected chi connectivity index (χ0v) is 12.2. The highest BCUT2D eigenvalue weighted by Crippen LogP contribution is 2.26. The van der Waals surface area contributed by atoms with E-state index < -0.39 is 0 Å². The third-order valence-electron chi connectivity index (χ3n) is 1.97. The van der Waals surface area contributed by atoms with Crippen LogP contribution < -0.4 is 11.1 Å². The monoisotopic (exact) mass is 361 g/mol. The number of anilines is 2. The molecule has 0 atom stereocenters. The maximum atomic E-state index is 5.62. The van der Waals surface area contributed by atoms with Crippen molar-refractivity contribution in [3.05, 3.63) is 37.5 Å². The van der Waals surface area contributed by atoms with Gasteiger partial charge in [0.2, 0.25) is 0 Å². The molecule has 2 aromatic rings. The molecule has 0 spiro atoms. The summed E-state index contributed by atoms with van der Waals surface area (Å²) < 4.78 is 2.00. The van der Waals surface area contributed by atoms with Crippen LogP contribution in [0.5, 0.6) is 0 Å². The lowest BCUT2D eigenvalue weighted by atomic mass is 10.4. The van der Waals surface area contributed by atoms with Crippen molar-refractivity contribution in [1.82, 2.24) is 4.98 Å². The van der Waals surface area contributed by atoms with Gasteiger partial charge in [-0.15, -0.1) is 11.3 Å². The van der Waals surface area contributed by atoms with Crippen LogP contribution in [0.4, 0.5) is 11.5 Å². The fourth-order valence-electron chi connectivity index (χ4n) is 1.20. The number of hydrogen-bond acceptors (Lipinski definition) is 4. The zero-order chi connectivity index (χ0) is 11.5. The number of halogens is 2. The van der Waals surface area contributed by atoms with Crippen molar-refractivity contribution in [2.75, 3.05) is 11.1 Å². The summed E-state index contributed by atoms with van der Waals surface area (Å²) >= 11 is 8.61. The topological polar surface area (TPSA) is 50.9 Å². The summed E-state index contributed by atoms with van der Waals surface area (Å²) in [4.78, 5) is 5.45. The number of nitrogens with two attached hydrogens (primary N) is 1. The van der Waals surface area contributed by atoms with Crippen LogP contribution in [0.15, 0.2) is 32.7 Å². The molecule has 0 saturated carbocycles. The molecule has 2 aromatic heterocycles. The van der Waals surface area contributed by atoms with Crippen molar-refractivity contribution in [3.63, 3.8) is 0 Å². The Morgan fingerprint density at radius 3 is 2.81 bits per heavy atom. The zero-order valence-electron chi connectivity index (χ0n) is 8.21. The molecular formula is C10H9Br2N3S. The van der Waals surface area contributed by atoms with E-state index in [2.05, 4.69) is 42.2 Å². The van der Waals surface area contributed by atoms with Crippen molar-refractivity contribution in [2.45, 2.75) is 6.54 Å². The van der Waals surface area contributed by atoms with Crippen molar-refractivity contribution in [3.8, 4) is 0 Å². The Balaban J connectivity index is 2.08. The quantitative estimate of drug-likeness (QED) is 0.871. The van der Waals surface area contributed by atoms with Crippen molar-refractivity contribution >= 4 is 54.7 Å². The maximum absolute atomic E-state index is 5.62. The second-order valence-electron chi connectivity index (χ2n) is 3.14. The SMILES string of the molecule is Nc1cnc(NCc2sccc2Br)c(Br)c1. The minimum Gasteiger partial charge on any atom is -0.397 e. The van der Waals surface area contributed by atoms with E-state index in [4.69, 9.17) is 5.73 Å². The fraction of sp³-hybridized carbons (Fsp3) is 0.100. The van der Waals surface area contributed by atoms with Crippen LogP contribution in [0, 0.1) is 0 Å². The summed E-state index contributed by atoms with van der Waals surface area (Å²) in [5, 5.41) is 5.30. The molecule has 6 heteroatoms. The van der Waals surface area contributed by atoms with Crippen molar-refractivity contribution in [2.24, 2.45) is 0 Å². The normalized spacial score (nSPS) is 10.4. The number of rotatable bonds is 3. The summed E-state index contributed by atoms with van der Waals surface area (Å²) in [7, 11) is 0. The van der Waals surface area contributed by atoms with Gasteiger partial charge in [0.05, 0.1) is 22.9 Å². The van der Waals surface area contributed by atoms with Crippen LogP contribution in [0.2, 0.25) is 0 Å². The molecule has 84 valence electrons. The molecule has 0 aliphatic carbocycles. The number of hydrogen-bond donors (Lipinski definition) is 2. The minimum atomic E-state index is 0.648. The molecular weight excluding hydrogens is 354 g/mol. The molecule has 2 rings (SSSR count). The first-order chi connectivity index (χ1) is 7.66. The largest absolute Gasteiger partial charge is 0.397 e. The Morgan fingerprint density at radius 1 is 1.38 bits per heavy atom. The Labute approximate surface area is 114 Å². The second kappa shape index (κ2) is 5.16. The summed E-state index contributed by atoms with van der Waals surface area (Å²) in [6.07, 6.45) is 1.64. The Hall–Kier alpha value is -0.590. The average Bonchev–Trinajstić information content (AvgIpc) is 2.63. The van der Waals surface area contributed by atoms with Gasteiger partial charge in [-0.25, -0.2) is 4.98 Å². The van der Waals surface area contributed by atoms with Crippen molar-refractivity contribution in [1.29, 1.82) is 0 Å². The van der Waals surface area contributed by atoms with Gasteiger partial charge >= 0.3 is 0 Å². The molecule has 2 heterocycles. The highest BCUT2D eigenvalue weighted by molar-refractivity contribution is 9.11. The highest BCUT2D eigenvalue weighted by atomic mass is 79.9. The third-order valence-corrected chi connectivity index (χ3v) is 4.50. The molecule has 3 N–H and O–H groups in total. The van der Waals surface area contributed by atoms with Crippen LogP contribution in [0.25, 0.3) is 0 Å². The number of thiophene rings is 1. The molecule has 3 nitrogen and oxygen atoms in total. The van der Waals surface area contributed by atoms with Gasteiger partial charge in [-0.05, 0) is 49.4 Å². The fourth-order valence-corrected chi connectivity index (χ4v) is 3.14. The predicted molar refractivity (Wildman–Crippen MR) is 75.7 cm³/mol. The van der Waals surface area contributed by atoms with Crippen LogP contribution in [0.3, 0.4) is 0 Å². The van der Waals surface area contributed by atoms with Gasteiger partial charge in [0.1, 0.15) is 5.82 Å². The van der Waals surface area contributed by atoms with E-state index in [0.29, 0.717) is 5.69 Å². The molecule has 0 radical (unpaired) electrons. The summed E-state index contributed by atoms with van der Waals surface area (Å²) in [5.74, 6) is 0.800. The number of nitrogen functional groups attached to an aromatic ring is 1. The standard InChI is InChI=1S/C10H9Br2N3S/c11-7-1-2-16-9(7)5-15-10-8(12)3-6(13)4-14-10/h1-4H,5,13H2,(H,14,15). The smallest absolute Gasteiger partial charge is 0.140 e. The summed E-state index contributed by atoms with van der Waals surface area (Å²) in [6, 6.07) is 3.87.